The molecule has 18 heavy (non-hydrogen) atoms. The Morgan fingerprint density at radius 1 is 1.28 bits per heavy atom. The largest absolute Gasteiger partial charge is 0.441 e. The third-order valence-corrected chi connectivity index (χ3v) is 2.42. The Labute approximate surface area is 98.0 Å². The van der Waals surface area contributed by atoms with Crippen LogP contribution in [0.5, 0.6) is 0 Å². The fraction of sp³-hybridized carbons (Fsp3) is 0.571. The molecule has 0 saturated heterocycles. The first-order valence-electron chi connectivity index (χ1n) is 3.99. The summed E-state index contributed by atoms with van der Waals surface area (Å²) >= 11 is 0. The monoisotopic (exact) mass is 298 g/mol. The minimum absolute atomic E-state index is 0.657. The highest BCUT2D eigenvalue weighted by Gasteiger charge is 2.66. The molecule has 0 bridgehead atoms. The van der Waals surface area contributed by atoms with Gasteiger partial charge in [0.1, 0.15) is 0 Å². The molecule has 0 aliphatic heterocycles. The smallest absolute Gasteiger partial charge is 0.432 e. The minimum Gasteiger partial charge on any atom is -0.441 e. The second kappa shape index (κ2) is 4.80. The molecule has 0 radical (unpaired) electrons. The summed E-state index contributed by atoms with van der Waals surface area (Å²) in [7, 11) is -6.42. The van der Waals surface area contributed by atoms with Crippen molar-refractivity contribution in [3.63, 3.8) is 0 Å². The molecule has 0 aromatic heterocycles. The summed E-state index contributed by atoms with van der Waals surface area (Å²) in [6, 6.07) is 0. The van der Waals surface area contributed by atoms with Crippen LogP contribution in [0, 0.1) is 0 Å². The third-order valence-electron chi connectivity index (χ3n) is 1.52. The number of esters is 1. The number of hydrogen-bond donors (Lipinski definition) is 1. The Kier molecular flexibility index (Phi) is 4.47. The second-order valence-electron chi connectivity index (χ2n) is 3.14. The maximum absolute atomic E-state index is 12.8. The molecule has 11 heteroatoms. The van der Waals surface area contributed by atoms with Crippen LogP contribution in [0.2, 0.25) is 0 Å². The normalized spacial score (nSPS) is 15.1. The average molecular weight is 298 g/mol. The van der Waals surface area contributed by atoms with Gasteiger partial charge in [-0.1, -0.05) is 6.58 Å². The molecule has 0 fully saturated rings. The van der Waals surface area contributed by atoms with Crippen molar-refractivity contribution in [3.05, 3.63) is 12.2 Å². The van der Waals surface area contributed by atoms with Gasteiger partial charge in [-0.15, -0.1) is 0 Å². The Morgan fingerprint density at radius 2 is 1.67 bits per heavy atom. The molecule has 0 aliphatic carbocycles. The molecule has 5 nitrogen and oxygen atoms in total. The molecule has 0 amide bonds. The zero-order chi connectivity index (χ0) is 14.9. The van der Waals surface area contributed by atoms with Crippen LogP contribution in [0.25, 0.3) is 0 Å². The van der Waals surface area contributed by atoms with Crippen molar-refractivity contribution in [1.29, 1.82) is 0 Å². The van der Waals surface area contributed by atoms with Gasteiger partial charge in [0.25, 0.3) is 6.10 Å². The topological polar surface area (TPSA) is 80.7 Å². The van der Waals surface area contributed by atoms with Crippen LogP contribution in [0.3, 0.4) is 0 Å². The van der Waals surface area contributed by atoms with Crippen molar-refractivity contribution in [3.8, 4) is 0 Å². The van der Waals surface area contributed by atoms with Crippen molar-refractivity contribution in [2.45, 2.75) is 24.5 Å². The third kappa shape index (κ3) is 3.63. The molecule has 1 atom stereocenters. The van der Waals surface area contributed by atoms with Gasteiger partial charge in [0.2, 0.25) is 0 Å². The molecule has 1 unspecified atom stereocenters. The predicted molar refractivity (Wildman–Crippen MR) is 47.2 cm³/mol. The van der Waals surface area contributed by atoms with E-state index in [1.54, 1.807) is 0 Å². The van der Waals surface area contributed by atoms with E-state index in [-0.39, 0.29) is 0 Å². The molecular formula is C7H7F5O5S. The maximum Gasteiger partial charge on any atom is 0.432 e. The molecule has 0 aromatic rings. The van der Waals surface area contributed by atoms with Gasteiger partial charge < -0.3 is 4.74 Å². The SMILES string of the molecule is C=C(C)C(=O)OC(C(F)(F)F)C(F)(F)S(=O)(=O)O. The molecule has 0 aromatic carbocycles. The van der Waals surface area contributed by atoms with Crippen LogP contribution in [-0.2, 0) is 19.6 Å². The van der Waals surface area contributed by atoms with Crippen LogP contribution in [0.4, 0.5) is 22.0 Å². The molecule has 0 rings (SSSR count). The summed E-state index contributed by atoms with van der Waals surface area (Å²) in [5.74, 6) is -1.87. The Hall–Kier alpha value is -1.23. The minimum atomic E-state index is -6.42. The molecular weight excluding hydrogens is 291 g/mol. The Balaban J connectivity index is 5.55. The number of hydrogen-bond acceptors (Lipinski definition) is 4. The highest BCUT2D eigenvalue weighted by atomic mass is 32.2. The zero-order valence-electron chi connectivity index (χ0n) is 8.66. The fourth-order valence-electron chi connectivity index (χ4n) is 0.669. The van der Waals surface area contributed by atoms with Crippen LogP contribution < -0.4 is 0 Å². The van der Waals surface area contributed by atoms with Crippen molar-refractivity contribution in [1.82, 2.24) is 0 Å². The van der Waals surface area contributed by atoms with Crippen LogP contribution in [0.15, 0.2) is 12.2 Å². The molecule has 0 saturated carbocycles. The molecule has 0 aliphatic rings. The summed E-state index contributed by atoms with van der Waals surface area (Å²) in [5.41, 5.74) is -0.657. The van der Waals surface area contributed by atoms with Crippen LogP contribution in [0.1, 0.15) is 6.92 Å². The summed E-state index contributed by atoms with van der Waals surface area (Å²) in [5, 5.41) is -5.73. The van der Waals surface area contributed by atoms with E-state index in [0.717, 1.165) is 6.92 Å². The van der Waals surface area contributed by atoms with E-state index in [2.05, 4.69) is 11.3 Å². The number of alkyl halides is 5. The van der Waals surface area contributed by atoms with Gasteiger partial charge in [0.05, 0.1) is 0 Å². The van der Waals surface area contributed by atoms with Gasteiger partial charge >= 0.3 is 27.5 Å². The Morgan fingerprint density at radius 3 is 1.89 bits per heavy atom. The number of ether oxygens (including phenoxy) is 1. The predicted octanol–water partition coefficient (Wildman–Crippen LogP) is 1.52. The fourth-order valence-corrected chi connectivity index (χ4v) is 1.12. The lowest BCUT2D eigenvalue weighted by molar-refractivity contribution is -0.257. The van der Waals surface area contributed by atoms with E-state index >= 15 is 0 Å². The number of carbonyl (C=O) groups excluding carboxylic acids is 1. The van der Waals surface area contributed by atoms with Crippen LogP contribution in [-0.4, -0.2) is 36.5 Å². The summed E-state index contributed by atoms with van der Waals surface area (Å²) in [6.45, 7) is 3.70. The van der Waals surface area contributed by atoms with Gasteiger partial charge in [-0.3, -0.25) is 4.55 Å². The van der Waals surface area contributed by atoms with E-state index in [9.17, 15) is 35.2 Å². The molecule has 0 heterocycles. The van der Waals surface area contributed by atoms with Crippen molar-refractivity contribution < 1.29 is 44.5 Å². The van der Waals surface area contributed by atoms with E-state index in [0.29, 0.717) is 0 Å². The first-order chi connectivity index (χ1) is 7.71. The highest BCUT2D eigenvalue weighted by Crippen LogP contribution is 2.38. The average Bonchev–Trinajstić information content (AvgIpc) is 2.09. The first-order valence-corrected chi connectivity index (χ1v) is 5.43. The van der Waals surface area contributed by atoms with Gasteiger partial charge in [-0.05, 0) is 6.92 Å². The maximum atomic E-state index is 12.8. The van der Waals surface area contributed by atoms with Gasteiger partial charge in [-0.25, -0.2) is 4.79 Å². The lowest BCUT2D eigenvalue weighted by Crippen LogP contribution is -2.52. The van der Waals surface area contributed by atoms with Gasteiger partial charge in [-0.2, -0.15) is 30.4 Å². The summed E-state index contributed by atoms with van der Waals surface area (Å²) < 4.78 is 94.0. The van der Waals surface area contributed by atoms with E-state index < -0.39 is 39.2 Å². The number of halogens is 5. The summed E-state index contributed by atoms with van der Waals surface area (Å²) in [6.07, 6.45) is -10.2. The second-order valence-corrected chi connectivity index (χ2v) is 4.64. The number of carbonyl (C=O) groups is 1. The lowest BCUT2D eigenvalue weighted by Gasteiger charge is -2.25. The molecule has 1 N–H and O–H groups in total. The van der Waals surface area contributed by atoms with E-state index in [4.69, 9.17) is 4.55 Å². The lowest BCUT2D eigenvalue weighted by atomic mass is 10.3. The summed E-state index contributed by atoms with van der Waals surface area (Å²) in [4.78, 5) is 10.7. The molecule has 106 valence electrons. The first kappa shape index (κ1) is 16.8. The van der Waals surface area contributed by atoms with Crippen molar-refractivity contribution >= 4 is 16.1 Å². The van der Waals surface area contributed by atoms with Crippen LogP contribution >= 0.6 is 0 Å². The van der Waals surface area contributed by atoms with Gasteiger partial charge in [0, 0.05) is 5.57 Å². The molecule has 0 spiro atoms. The standard InChI is InChI=1S/C7H7F5O5S/c1-3(2)4(13)17-5(6(8,9)10)7(11,12)18(14,15)16/h5H,1H2,2H3,(H,14,15,16). The van der Waals surface area contributed by atoms with Crippen molar-refractivity contribution in [2.75, 3.05) is 0 Å². The van der Waals surface area contributed by atoms with Crippen molar-refractivity contribution in [2.24, 2.45) is 0 Å². The Bertz CT molecular complexity index is 451. The number of rotatable bonds is 4. The van der Waals surface area contributed by atoms with E-state index in [1.807, 2.05) is 0 Å². The quantitative estimate of drug-likeness (QED) is 0.368. The van der Waals surface area contributed by atoms with Gasteiger partial charge in [0.15, 0.2) is 0 Å². The highest BCUT2D eigenvalue weighted by molar-refractivity contribution is 7.86. The zero-order valence-corrected chi connectivity index (χ0v) is 9.48. The van der Waals surface area contributed by atoms with E-state index in [1.165, 1.54) is 0 Å².